The number of nitrogens with one attached hydrogen (secondary N) is 1. The van der Waals surface area contributed by atoms with E-state index >= 15 is 0 Å². The van der Waals surface area contributed by atoms with Crippen molar-refractivity contribution in [3.63, 3.8) is 0 Å². The van der Waals surface area contributed by atoms with Crippen LogP contribution in [0.1, 0.15) is 11.1 Å². The molecule has 122 valence electrons. The molecule has 2 rings (SSSR count). The van der Waals surface area contributed by atoms with E-state index in [4.69, 9.17) is 9.47 Å². The van der Waals surface area contributed by atoms with Crippen molar-refractivity contribution in [1.82, 2.24) is 0 Å². The van der Waals surface area contributed by atoms with Gasteiger partial charge in [0.2, 0.25) is 5.91 Å². The molecule has 2 aromatic rings. The number of hydrogen-bond acceptors (Lipinski definition) is 4. The number of amides is 1. The third-order valence-electron chi connectivity index (χ3n) is 3.39. The molecule has 1 N–H and O–H groups in total. The first kappa shape index (κ1) is 17.2. The van der Waals surface area contributed by atoms with Crippen molar-refractivity contribution < 1.29 is 14.3 Å². The fraction of sp³-hybridized carbons (Fsp3) is 0.278. The van der Waals surface area contributed by atoms with Crippen LogP contribution in [0.4, 0.5) is 5.69 Å². The molecule has 0 radical (unpaired) electrons. The van der Waals surface area contributed by atoms with Crippen LogP contribution in [0.15, 0.2) is 41.3 Å². The number of ether oxygens (including phenoxy) is 2. The first-order valence-corrected chi connectivity index (χ1v) is 8.24. The van der Waals surface area contributed by atoms with Crippen molar-refractivity contribution in [3.05, 3.63) is 47.5 Å². The zero-order valence-electron chi connectivity index (χ0n) is 13.8. The number of carbonyl (C=O) groups excluding carboxylic acids is 1. The van der Waals surface area contributed by atoms with Gasteiger partial charge in [-0.05, 0) is 49.2 Å². The Morgan fingerprint density at radius 1 is 1.04 bits per heavy atom. The Labute approximate surface area is 141 Å². The number of methoxy groups -OCH3 is 2. The average Bonchev–Trinajstić information content (AvgIpc) is 2.56. The first-order valence-electron chi connectivity index (χ1n) is 7.25. The van der Waals surface area contributed by atoms with E-state index in [1.54, 1.807) is 14.2 Å². The standard InChI is InChI=1S/C18H21NO3S/c1-12-5-6-13(2)15(9-12)19-18(20)11-23-14-7-8-16(21-3)17(10-14)22-4/h5-10H,11H2,1-4H3,(H,19,20). The van der Waals surface area contributed by atoms with Gasteiger partial charge in [-0.25, -0.2) is 0 Å². The van der Waals surface area contributed by atoms with E-state index in [1.807, 2.05) is 50.2 Å². The van der Waals surface area contributed by atoms with Crippen LogP contribution in [0, 0.1) is 13.8 Å². The SMILES string of the molecule is COc1ccc(SCC(=O)Nc2cc(C)ccc2C)cc1OC. The summed E-state index contributed by atoms with van der Waals surface area (Å²) in [5, 5.41) is 2.96. The summed E-state index contributed by atoms with van der Waals surface area (Å²) in [5.41, 5.74) is 3.04. The fourth-order valence-electron chi connectivity index (χ4n) is 2.11. The summed E-state index contributed by atoms with van der Waals surface area (Å²) in [6.07, 6.45) is 0. The number of thioether (sulfide) groups is 1. The molecule has 0 spiro atoms. The Kier molecular flexibility index (Phi) is 5.93. The predicted molar refractivity (Wildman–Crippen MR) is 94.8 cm³/mol. The summed E-state index contributed by atoms with van der Waals surface area (Å²) in [6.45, 7) is 3.99. The van der Waals surface area contributed by atoms with Gasteiger partial charge in [0.25, 0.3) is 0 Å². The average molecular weight is 331 g/mol. The summed E-state index contributed by atoms with van der Waals surface area (Å²) < 4.78 is 10.5. The van der Waals surface area contributed by atoms with Gasteiger partial charge in [0.15, 0.2) is 11.5 Å². The summed E-state index contributed by atoms with van der Waals surface area (Å²) >= 11 is 1.46. The zero-order valence-corrected chi connectivity index (χ0v) is 14.6. The van der Waals surface area contributed by atoms with Crippen LogP contribution in [-0.2, 0) is 4.79 Å². The highest BCUT2D eigenvalue weighted by Crippen LogP contribution is 2.31. The second-order valence-electron chi connectivity index (χ2n) is 5.17. The topological polar surface area (TPSA) is 47.6 Å². The van der Waals surface area contributed by atoms with Crippen LogP contribution in [0.2, 0.25) is 0 Å². The van der Waals surface area contributed by atoms with E-state index in [9.17, 15) is 4.79 Å². The van der Waals surface area contributed by atoms with Gasteiger partial charge in [-0.15, -0.1) is 11.8 Å². The Morgan fingerprint density at radius 2 is 1.78 bits per heavy atom. The lowest BCUT2D eigenvalue weighted by Crippen LogP contribution is -2.14. The molecule has 0 unspecified atom stereocenters. The second-order valence-corrected chi connectivity index (χ2v) is 6.22. The number of anilines is 1. The number of rotatable bonds is 6. The molecule has 0 atom stereocenters. The van der Waals surface area contributed by atoms with Crippen LogP contribution in [-0.4, -0.2) is 25.9 Å². The zero-order chi connectivity index (χ0) is 16.8. The molecule has 0 aliphatic heterocycles. The molecule has 2 aromatic carbocycles. The maximum atomic E-state index is 12.1. The maximum absolute atomic E-state index is 12.1. The minimum Gasteiger partial charge on any atom is -0.493 e. The van der Waals surface area contributed by atoms with Crippen molar-refractivity contribution in [3.8, 4) is 11.5 Å². The van der Waals surface area contributed by atoms with E-state index in [0.29, 0.717) is 17.3 Å². The third kappa shape index (κ3) is 4.66. The van der Waals surface area contributed by atoms with Crippen LogP contribution in [0.5, 0.6) is 11.5 Å². The molecule has 0 bridgehead atoms. The summed E-state index contributed by atoms with van der Waals surface area (Å²) in [7, 11) is 3.20. The highest BCUT2D eigenvalue weighted by atomic mass is 32.2. The van der Waals surface area contributed by atoms with Gasteiger partial charge in [0, 0.05) is 10.6 Å². The van der Waals surface area contributed by atoms with Crippen molar-refractivity contribution in [2.45, 2.75) is 18.7 Å². The maximum Gasteiger partial charge on any atom is 0.234 e. The molecule has 0 aliphatic carbocycles. The number of benzene rings is 2. The Hall–Kier alpha value is -2.14. The summed E-state index contributed by atoms with van der Waals surface area (Å²) in [5.74, 6) is 1.64. The molecule has 0 aromatic heterocycles. The molecule has 4 nitrogen and oxygen atoms in total. The van der Waals surface area contributed by atoms with E-state index in [1.165, 1.54) is 11.8 Å². The molecule has 0 aliphatic rings. The monoisotopic (exact) mass is 331 g/mol. The quantitative estimate of drug-likeness (QED) is 0.811. The van der Waals surface area contributed by atoms with Gasteiger partial charge in [-0.3, -0.25) is 4.79 Å². The third-order valence-corrected chi connectivity index (χ3v) is 4.39. The van der Waals surface area contributed by atoms with Crippen LogP contribution >= 0.6 is 11.8 Å². The fourth-order valence-corrected chi connectivity index (χ4v) is 2.84. The van der Waals surface area contributed by atoms with Gasteiger partial charge in [0.1, 0.15) is 0 Å². The molecule has 0 saturated heterocycles. The van der Waals surface area contributed by atoms with Crippen molar-refractivity contribution in [2.24, 2.45) is 0 Å². The number of hydrogen-bond donors (Lipinski definition) is 1. The minimum atomic E-state index is -0.0292. The lowest BCUT2D eigenvalue weighted by molar-refractivity contribution is -0.113. The van der Waals surface area contributed by atoms with Gasteiger partial charge in [0.05, 0.1) is 20.0 Å². The van der Waals surface area contributed by atoms with Crippen molar-refractivity contribution in [1.29, 1.82) is 0 Å². The summed E-state index contributed by atoms with van der Waals surface area (Å²) in [6, 6.07) is 11.6. The van der Waals surface area contributed by atoms with Gasteiger partial charge >= 0.3 is 0 Å². The molecule has 0 saturated carbocycles. The number of carbonyl (C=O) groups is 1. The highest BCUT2D eigenvalue weighted by molar-refractivity contribution is 8.00. The highest BCUT2D eigenvalue weighted by Gasteiger charge is 2.09. The normalized spacial score (nSPS) is 10.3. The van der Waals surface area contributed by atoms with Gasteiger partial charge in [-0.1, -0.05) is 12.1 Å². The van der Waals surface area contributed by atoms with E-state index in [2.05, 4.69) is 5.32 Å². The molecular formula is C18H21NO3S. The van der Waals surface area contributed by atoms with E-state index < -0.39 is 0 Å². The second kappa shape index (κ2) is 7.92. The van der Waals surface area contributed by atoms with Gasteiger partial charge < -0.3 is 14.8 Å². The van der Waals surface area contributed by atoms with Crippen molar-refractivity contribution in [2.75, 3.05) is 25.3 Å². The Bertz CT molecular complexity index is 701. The first-order chi connectivity index (χ1) is 11.0. The van der Waals surface area contributed by atoms with Crippen LogP contribution < -0.4 is 14.8 Å². The Morgan fingerprint density at radius 3 is 2.48 bits per heavy atom. The lowest BCUT2D eigenvalue weighted by atomic mass is 10.1. The Balaban J connectivity index is 1.98. The predicted octanol–water partition coefficient (Wildman–Crippen LogP) is 4.05. The smallest absolute Gasteiger partial charge is 0.234 e. The van der Waals surface area contributed by atoms with Crippen LogP contribution in [0.3, 0.4) is 0 Å². The number of aryl methyl sites for hydroxylation is 2. The largest absolute Gasteiger partial charge is 0.493 e. The molecule has 1 amide bonds. The lowest BCUT2D eigenvalue weighted by Gasteiger charge is -2.11. The molecule has 5 heteroatoms. The molecule has 0 heterocycles. The van der Waals surface area contributed by atoms with Crippen molar-refractivity contribution >= 4 is 23.4 Å². The minimum absolute atomic E-state index is 0.0292. The molecule has 23 heavy (non-hydrogen) atoms. The summed E-state index contributed by atoms with van der Waals surface area (Å²) in [4.78, 5) is 13.1. The van der Waals surface area contributed by atoms with Gasteiger partial charge in [-0.2, -0.15) is 0 Å². The van der Waals surface area contributed by atoms with Crippen LogP contribution in [0.25, 0.3) is 0 Å². The van der Waals surface area contributed by atoms with E-state index in [0.717, 1.165) is 21.7 Å². The van der Waals surface area contributed by atoms with E-state index in [-0.39, 0.29) is 5.91 Å². The molecule has 0 fully saturated rings. The molecular weight excluding hydrogens is 310 g/mol.